The molecule has 0 spiro atoms. The number of rotatable bonds is 5. The fourth-order valence-corrected chi connectivity index (χ4v) is 4.02. The fourth-order valence-electron chi connectivity index (χ4n) is 2.35. The van der Waals surface area contributed by atoms with Gasteiger partial charge in [-0.15, -0.1) is 0 Å². The van der Waals surface area contributed by atoms with E-state index in [1.165, 1.54) is 11.1 Å². The fraction of sp³-hybridized carbons (Fsp3) is 0.250. The second kappa shape index (κ2) is 6.54. The SMILES string of the molecule is Cc1cc(C)cc(CS(=O)Cc2nc(-c3ccsc3)no2)c1. The minimum absolute atomic E-state index is 0.282. The number of aryl methyl sites for hydroxylation is 2. The lowest BCUT2D eigenvalue weighted by Gasteiger charge is -2.04. The van der Waals surface area contributed by atoms with Gasteiger partial charge in [-0.25, -0.2) is 0 Å². The molecule has 114 valence electrons. The maximum absolute atomic E-state index is 12.3. The van der Waals surface area contributed by atoms with Crippen LogP contribution in [-0.4, -0.2) is 14.3 Å². The lowest BCUT2D eigenvalue weighted by molar-refractivity contribution is 0.390. The summed E-state index contributed by atoms with van der Waals surface area (Å²) in [6, 6.07) is 8.17. The Morgan fingerprint density at radius 1 is 1.18 bits per heavy atom. The molecule has 0 fully saturated rings. The van der Waals surface area contributed by atoms with Gasteiger partial charge in [-0.3, -0.25) is 4.21 Å². The van der Waals surface area contributed by atoms with Crippen LogP contribution in [0, 0.1) is 13.8 Å². The number of hydrogen-bond acceptors (Lipinski definition) is 5. The van der Waals surface area contributed by atoms with E-state index in [0.717, 1.165) is 11.1 Å². The second-order valence-electron chi connectivity index (χ2n) is 5.25. The lowest BCUT2D eigenvalue weighted by atomic mass is 10.1. The summed E-state index contributed by atoms with van der Waals surface area (Å²) in [4.78, 5) is 4.31. The van der Waals surface area contributed by atoms with Crippen molar-refractivity contribution in [3.05, 3.63) is 57.6 Å². The van der Waals surface area contributed by atoms with Crippen molar-refractivity contribution in [2.75, 3.05) is 0 Å². The van der Waals surface area contributed by atoms with Crippen molar-refractivity contribution in [3.63, 3.8) is 0 Å². The van der Waals surface area contributed by atoms with Gasteiger partial charge >= 0.3 is 0 Å². The van der Waals surface area contributed by atoms with E-state index < -0.39 is 10.8 Å². The predicted molar refractivity (Wildman–Crippen MR) is 89.1 cm³/mol. The Labute approximate surface area is 135 Å². The van der Waals surface area contributed by atoms with Crippen LogP contribution in [0.5, 0.6) is 0 Å². The van der Waals surface area contributed by atoms with E-state index in [1.807, 2.05) is 30.7 Å². The maximum atomic E-state index is 12.3. The summed E-state index contributed by atoms with van der Waals surface area (Å²) in [5, 5.41) is 7.85. The number of nitrogens with zero attached hydrogens (tertiary/aromatic N) is 2. The minimum Gasteiger partial charge on any atom is -0.338 e. The Balaban J connectivity index is 1.67. The van der Waals surface area contributed by atoms with E-state index in [-0.39, 0.29) is 5.75 Å². The zero-order valence-electron chi connectivity index (χ0n) is 12.4. The molecule has 3 aromatic rings. The predicted octanol–water partition coefficient (Wildman–Crippen LogP) is 3.86. The van der Waals surface area contributed by atoms with Gasteiger partial charge in [0.15, 0.2) is 0 Å². The summed E-state index contributed by atoms with van der Waals surface area (Å²) in [5.74, 6) is 1.76. The highest BCUT2D eigenvalue weighted by atomic mass is 32.2. The summed E-state index contributed by atoms with van der Waals surface area (Å²) >= 11 is 1.58. The first kappa shape index (κ1) is 15.1. The average molecular weight is 332 g/mol. The molecule has 3 rings (SSSR count). The Morgan fingerprint density at radius 3 is 2.64 bits per heavy atom. The molecule has 2 heterocycles. The van der Waals surface area contributed by atoms with Gasteiger partial charge in [0.1, 0.15) is 5.75 Å². The Morgan fingerprint density at radius 2 is 1.95 bits per heavy atom. The quantitative estimate of drug-likeness (QED) is 0.712. The summed E-state index contributed by atoms with van der Waals surface area (Å²) in [6.07, 6.45) is 0. The number of benzene rings is 1. The van der Waals surface area contributed by atoms with Gasteiger partial charge in [0.25, 0.3) is 0 Å². The third kappa shape index (κ3) is 3.69. The van der Waals surface area contributed by atoms with Crippen molar-refractivity contribution in [2.24, 2.45) is 0 Å². The van der Waals surface area contributed by atoms with E-state index in [0.29, 0.717) is 17.5 Å². The van der Waals surface area contributed by atoms with Crippen LogP contribution >= 0.6 is 11.3 Å². The molecule has 0 bridgehead atoms. The molecular weight excluding hydrogens is 316 g/mol. The van der Waals surface area contributed by atoms with Crippen LogP contribution in [0.1, 0.15) is 22.6 Å². The summed E-state index contributed by atoms with van der Waals surface area (Å²) in [7, 11) is -1.07. The molecule has 4 nitrogen and oxygen atoms in total. The van der Waals surface area contributed by atoms with Crippen LogP contribution in [0.15, 0.2) is 39.5 Å². The maximum Gasteiger partial charge on any atom is 0.239 e. The molecule has 6 heteroatoms. The highest BCUT2D eigenvalue weighted by Crippen LogP contribution is 2.19. The van der Waals surface area contributed by atoms with E-state index in [2.05, 4.69) is 28.3 Å². The molecule has 0 aliphatic rings. The largest absolute Gasteiger partial charge is 0.338 e. The molecule has 0 N–H and O–H groups in total. The van der Waals surface area contributed by atoms with Gasteiger partial charge in [0.2, 0.25) is 11.7 Å². The monoisotopic (exact) mass is 332 g/mol. The molecule has 0 saturated carbocycles. The highest BCUT2D eigenvalue weighted by molar-refractivity contribution is 7.83. The van der Waals surface area contributed by atoms with Crippen molar-refractivity contribution in [1.82, 2.24) is 10.1 Å². The molecule has 1 atom stereocenters. The first-order valence-corrected chi connectivity index (χ1v) is 9.30. The number of hydrogen-bond donors (Lipinski definition) is 0. The van der Waals surface area contributed by atoms with Crippen LogP contribution < -0.4 is 0 Å². The molecule has 1 aromatic carbocycles. The van der Waals surface area contributed by atoms with Crippen LogP contribution in [0.4, 0.5) is 0 Å². The summed E-state index contributed by atoms with van der Waals surface area (Å²) < 4.78 is 17.5. The topological polar surface area (TPSA) is 56.0 Å². The van der Waals surface area contributed by atoms with Crippen molar-refractivity contribution in [2.45, 2.75) is 25.4 Å². The molecule has 0 aliphatic carbocycles. The highest BCUT2D eigenvalue weighted by Gasteiger charge is 2.12. The normalized spacial score (nSPS) is 12.5. The number of aromatic nitrogens is 2. The van der Waals surface area contributed by atoms with Crippen LogP contribution in [-0.2, 0) is 22.3 Å². The molecule has 2 aromatic heterocycles. The van der Waals surface area contributed by atoms with Crippen molar-refractivity contribution >= 4 is 22.1 Å². The van der Waals surface area contributed by atoms with Crippen LogP contribution in [0.3, 0.4) is 0 Å². The standard InChI is InChI=1S/C16H16N2O2S2/c1-11-5-12(2)7-13(6-11)9-22(19)10-15-17-16(18-20-15)14-3-4-21-8-14/h3-8H,9-10H2,1-2H3. The Kier molecular flexibility index (Phi) is 4.49. The molecule has 0 aliphatic heterocycles. The molecule has 0 radical (unpaired) electrons. The Hall–Kier alpha value is -1.79. The van der Waals surface area contributed by atoms with Gasteiger partial charge in [0.05, 0.1) is 0 Å². The van der Waals surface area contributed by atoms with E-state index in [9.17, 15) is 4.21 Å². The van der Waals surface area contributed by atoms with Crippen molar-refractivity contribution in [3.8, 4) is 11.4 Å². The van der Waals surface area contributed by atoms with E-state index >= 15 is 0 Å². The average Bonchev–Trinajstić information content (AvgIpc) is 3.07. The van der Waals surface area contributed by atoms with Gasteiger partial charge in [0, 0.05) is 27.5 Å². The second-order valence-corrected chi connectivity index (χ2v) is 7.49. The Bertz CT molecular complexity index is 774. The van der Waals surface area contributed by atoms with Crippen LogP contribution in [0.2, 0.25) is 0 Å². The smallest absolute Gasteiger partial charge is 0.239 e. The third-order valence-electron chi connectivity index (χ3n) is 3.14. The summed E-state index contributed by atoms with van der Waals surface area (Å²) in [5.41, 5.74) is 4.38. The zero-order valence-corrected chi connectivity index (χ0v) is 14.0. The van der Waals surface area contributed by atoms with Gasteiger partial charge in [-0.2, -0.15) is 16.3 Å². The lowest BCUT2D eigenvalue weighted by Crippen LogP contribution is -2.00. The minimum atomic E-state index is -1.07. The molecule has 22 heavy (non-hydrogen) atoms. The van der Waals surface area contributed by atoms with E-state index in [4.69, 9.17) is 4.52 Å². The third-order valence-corrected chi connectivity index (χ3v) is 5.05. The summed E-state index contributed by atoms with van der Waals surface area (Å²) in [6.45, 7) is 4.09. The molecule has 0 amide bonds. The van der Waals surface area contributed by atoms with Gasteiger partial charge in [-0.05, 0) is 30.9 Å². The van der Waals surface area contributed by atoms with Crippen molar-refractivity contribution < 1.29 is 8.73 Å². The van der Waals surface area contributed by atoms with Crippen molar-refractivity contribution in [1.29, 1.82) is 0 Å². The van der Waals surface area contributed by atoms with Gasteiger partial charge < -0.3 is 4.52 Å². The zero-order chi connectivity index (χ0) is 15.5. The van der Waals surface area contributed by atoms with E-state index in [1.54, 1.807) is 11.3 Å². The first-order valence-electron chi connectivity index (χ1n) is 6.87. The molecule has 1 unspecified atom stereocenters. The first-order chi connectivity index (χ1) is 10.6. The molecule has 0 saturated heterocycles. The van der Waals surface area contributed by atoms with Gasteiger partial charge in [-0.1, -0.05) is 34.5 Å². The number of thiophene rings is 1. The molecular formula is C16H16N2O2S2. The van der Waals surface area contributed by atoms with Crippen LogP contribution in [0.25, 0.3) is 11.4 Å².